The van der Waals surface area contributed by atoms with Crippen molar-refractivity contribution in [1.29, 1.82) is 0 Å². The summed E-state index contributed by atoms with van der Waals surface area (Å²) in [6.45, 7) is 1.60. The third-order valence-corrected chi connectivity index (χ3v) is 2.89. The van der Waals surface area contributed by atoms with Crippen molar-refractivity contribution in [3.63, 3.8) is 0 Å². The van der Waals surface area contributed by atoms with Crippen molar-refractivity contribution in [2.24, 2.45) is 5.73 Å². The highest BCUT2D eigenvalue weighted by molar-refractivity contribution is 5.96. The first kappa shape index (κ1) is 13.5. The molecular formula is C14H17N3O2. The highest BCUT2D eigenvalue weighted by Crippen LogP contribution is 2.09. The zero-order valence-corrected chi connectivity index (χ0v) is 10.7. The van der Waals surface area contributed by atoms with E-state index in [-0.39, 0.29) is 18.5 Å². The number of ether oxygens (including phenoxy) is 1. The van der Waals surface area contributed by atoms with Crippen LogP contribution < -0.4 is 11.1 Å². The van der Waals surface area contributed by atoms with Crippen molar-refractivity contribution < 1.29 is 9.53 Å². The van der Waals surface area contributed by atoms with E-state index in [0.29, 0.717) is 17.7 Å². The maximum atomic E-state index is 12.2. The lowest BCUT2D eigenvalue weighted by molar-refractivity contribution is 0.0624. The van der Waals surface area contributed by atoms with Crippen LogP contribution in [0.15, 0.2) is 18.5 Å². The monoisotopic (exact) mass is 259 g/mol. The highest BCUT2D eigenvalue weighted by atomic mass is 16.5. The largest absolute Gasteiger partial charge is 0.379 e. The first-order chi connectivity index (χ1) is 9.31. The molecule has 1 saturated heterocycles. The van der Waals surface area contributed by atoms with Gasteiger partial charge in [0.1, 0.15) is 0 Å². The van der Waals surface area contributed by atoms with Crippen LogP contribution in [0.5, 0.6) is 0 Å². The van der Waals surface area contributed by atoms with E-state index in [1.807, 2.05) is 0 Å². The molecule has 0 bridgehead atoms. The third kappa shape index (κ3) is 3.78. The van der Waals surface area contributed by atoms with E-state index in [0.717, 1.165) is 19.4 Å². The standard InChI is InChI=1S/C14H17N3O2/c15-6-1-3-11-9-16-7-5-13(11)14(18)17-12-4-2-8-19-10-12/h5,7,9,12H,2,4,6,8,10,15H2,(H,17,18). The van der Waals surface area contributed by atoms with Crippen LogP contribution >= 0.6 is 0 Å². The minimum atomic E-state index is -0.140. The maximum Gasteiger partial charge on any atom is 0.252 e. The normalized spacial score (nSPS) is 18.3. The quantitative estimate of drug-likeness (QED) is 0.749. The molecule has 0 saturated carbocycles. The minimum absolute atomic E-state index is 0.0738. The Morgan fingerprint density at radius 3 is 3.26 bits per heavy atom. The van der Waals surface area contributed by atoms with Gasteiger partial charge in [0, 0.05) is 19.0 Å². The highest BCUT2D eigenvalue weighted by Gasteiger charge is 2.18. The molecule has 100 valence electrons. The molecule has 1 aliphatic rings. The molecule has 1 aliphatic heterocycles. The van der Waals surface area contributed by atoms with E-state index in [1.165, 1.54) is 0 Å². The van der Waals surface area contributed by atoms with Crippen molar-refractivity contribution in [1.82, 2.24) is 10.3 Å². The lowest BCUT2D eigenvalue weighted by atomic mass is 10.1. The topological polar surface area (TPSA) is 77.2 Å². The van der Waals surface area contributed by atoms with Crippen LogP contribution in [0.4, 0.5) is 0 Å². The molecule has 1 aromatic heterocycles. The van der Waals surface area contributed by atoms with E-state index < -0.39 is 0 Å². The summed E-state index contributed by atoms with van der Waals surface area (Å²) < 4.78 is 5.34. The molecule has 19 heavy (non-hydrogen) atoms. The third-order valence-electron chi connectivity index (χ3n) is 2.89. The number of nitrogens with zero attached hydrogens (tertiary/aromatic N) is 1. The summed E-state index contributed by atoms with van der Waals surface area (Å²) in [5.41, 5.74) is 6.47. The molecule has 5 nitrogen and oxygen atoms in total. The van der Waals surface area contributed by atoms with E-state index in [2.05, 4.69) is 22.1 Å². The Morgan fingerprint density at radius 2 is 2.53 bits per heavy atom. The fourth-order valence-corrected chi connectivity index (χ4v) is 1.96. The summed E-state index contributed by atoms with van der Waals surface area (Å²) in [4.78, 5) is 16.2. The van der Waals surface area contributed by atoms with Crippen LogP contribution in [0.1, 0.15) is 28.8 Å². The fourth-order valence-electron chi connectivity index (χ4n) is 1.96. The van der Waals surface area contributed by atoms with E-state index in [4.69, 9.17) is 10.5 Å². The van der Waals surface area contributed by atoms with Crippen molar-refractivity contribution in [3.8, 4) is 11.8 Å². The lowest BCUT2D eigenvalue weighted by Crippen LogP contribution is -2.40. The Balaban J connectivity index is 2.09. The van der Waals surface area contributed by atoms with Gasteiger partial charge in [-0.25, -0.2) is 0 Å². The van der Waals surface area contributed by atoms with Gasteiger partial charge in [0.25, 0.3) is 5.91 Å². The van der Waals surface area contributed by atoms with Crippen molar-refractivity contribution >= 4 is 5.91 Å². The van der Waals surface area contributed by atoms with Gasteiger partial charge in [-0.2, -0.15) is 0 Å². The average molecular weight is 259 g/mol. The number of nitrogens with one attached hydrogen (secondary N) is 1. The molecule has 0 radical (unpaired) electrons. The SMILES string of the molecule is NCC#Cc1cnccc1C(=O)NC1CCCOC1. The molecule has 1 unspecified atom stereocenters. The van der Waals surface area contributed by atoms with Crippen molar-refractivity contribution in [3.05, 3.63) is 29.6 Å². The van der Waals surface area contributed by atoms with Crippen molar-refractivity contribution in [2.75, 3.05) is 19.8 Å². The number of hydrogen-bond donors (Lipinski definition) is 2. The molecular weight excluding hydrogens is 242 g/mol. The molecule has 3 N–H and O–H groups in total. The summed E-state index contributed by atoms with van der Waals surface area (Å²) in [6, 6.07) is 1.74. The predicted molar refractivity (Wildman–Crippen MR) is 71.5 cm³/mol. The van der Waals surface area contributed by atoms with E-state index in [9.17, 15) is 4.79 Å². The molecule has 2 heterocycles. The number of nitrogens with two attached hydrogens (primary N) is 1. The smallest absolute Gasteiger partial charge is 0.252 e. The van der Waals surface area contributed by atoms with Gasteiger partial charge in [-0.05, 0) is 18.9 Å². The van der Waals surface area contributed by atoms with Crippen LogP contribution in [-0.2, 0) is 4.74 Å². The molecule has 1 amide bonds. The van der Waals surface area contributed by atoms with Crippen molar-refractivity contribution in [2.45, 2.75) is 18.9 Å². The lowest BCUT2D eigenvalue weighted by Gasteiger charge is -2.23. The number of carbonyl (C=O) groups is 1. The summed E-state index contributed by atoms with van der Waals surface area (Å²) in [5, 5.41) is 2.96. The van der Waals surface area contributed by atoms with Gasteiger partial charge in [-0.1, -0.05) is 11.8 Å². The maximum absolute atomic E-state index is 12.2. The minimum Gasteiger partial charge on any atom is -0.379 e. The molecule has 1 fully saturated rings. The first-order valence-corrected chi connectivity index (χ1v) is 6.33. The number of amides is 1. The van der Waals surface area contributed by atoms with Gasteiger partial charge in [0.15, 0.2) is 0 Å². The van der Waals surface area contributed by atoms with Gasteiger partial charge in [-0.15, -0.1) is 0 Å². The fraction of sp³-hybridized carbons (Fsp3) is 0.429. The van der Waals surface area contributed by atoms with E-state index in [1.54, 1.807) is 18.5 Å². The number of aromatic nitrogens is 1. The summed E-state index contributed by atoms with van der Waals surface area (Å²) >= 11 is 0. The van der Waals surface area contributed by atoms with Gasteiger partial charge >= 0.3 is 0 Å². The van der Waals surface area contributed by atoms with Gasteiger partial charge in [0.05, 0.1) is 30.3 Å². The van der Waals surface area contributed by atoms with Crippen LogP contribution in [0.2, 0.25) is 0 Å². The molecule has 0 spiro atoms. The van der Waals surface area contributed by atoms with Crippen LogP contribution in [0.25, 0.3) is 0 Å². The Kier molecular flexibility index (Phi) is 4.90. The summed E-state index contributed by atoms with van der Waals surface area (Å²) in [5.74, 6) is 5.46. The number of pyridine rings is 1. The zero-order chi connectivity index (χ0) is 13.5. The van der Waals surface area contributed by atoms with Gasteiger partial charge in [-0.3, -0.25) is 9.78 Å². The molecule has 2 rings (SSSR count). The molecule has 5 heteroatoms. The molecule has 0 aromatic carbocycles. The van der Waals surface area contributed by atoms with Gasteiger partial charge in [0.2, 0.25) is 0 Å². The Morgan fingerprint density at radius 1 is 1.63 bits per heavy atom. The second-order valence-corrected chi connectivity index (χ2v) is 4.31. The Bertz CT molecular complexity index is 499. The number of hydrogen-bond acceptors (Lipinski definition) is 4. The van der Waals surface area contributed by atoms with E-state index >= 15 is 0 Å². The molecule has 1 aromatic rings. The number of rotatable bonds is 2. The summed E-state index contributed by atoms with van der Waals surface area (Å²) in [7, 11) is 0. The van der Waals surface area contributed by atoms with Crippen LogP contribution in [-0.4, -0.2) is 36.7 Å². The van der Waals surface area contributed by atoms with Crippen LogP contribution in [0.3, 0.4) is 0 Å². The molecule has 1 atom stereocenters. The second kappa shape index (κ2) is 6.88. The Labute approximate surface area is 112 Å². The summed E-state index contributed by atoms with van der Waals surface area (Å²) in [6.07, 6.45) is 5.08. The average Bonchev–Trinajstić information content (AvgIpc) is 2.46. The first-order valence-electron chi connectivity index (χ1n) is 6.33. The Hall–Kier alpha value is -1.90. The zero-order valence-electron chi connectivity index (χ0n) is 10.7. The predicted octanol–water partition coefficient (Wildman–Crippen LogP) is 0.301. The van der Waals surface area contributed by atoms with Crippen LogP contribution in [0, 0.1) is 11.8 Å². The second-order valence-electron chi connectivity index (χ2n) is 4.31. The van der Waals surface area contributed by atoms with Gasteiger partial charge < -0.3 is 15.8 Å². The molecule has 0 aliphatic carbocycles. The number of carbonyl (C=O) groups excluding carboxylic acids is 1.